The number of ether oxygens (including phenoxy) is 1. The van der Waals surface area contributed by atoms with Crippen LogP contribution in [0.4, 0.5) is 15.8 Å². The first-order valence-corrected chi connectivity index (χ1v) is 11.8. The van der Waals surface area contributed by atoms with Crippen LogP contribution in [-0.4, -0.2) is 30.9 Å². The summed E-state index contributed by atoms with van der Waals surface area (Å²) in [6.07, 6.45) is 0.190. The van der Waals surface area contributed by atoms with E-state index in [1.807, 2.05) is 19.1 Å². The van der Waals surface area contributed by atoms with E-state index in [1.54, 1.807) is 18.2 Å². The van der Waals surface area contributed by atoms with Gasteiger partial charge in [-0.25, -0.2) is 4.39 Å². The minimum Gasteiger partial charge on any atom is -0.456 e. The number of nitrogens with two attached hydrogens (primary N) is 1. The van der Waals surface area contributed by atoms with Crippen LogP contribution in [0.2, 0.25) is 5.02 Å². The Bertz CT molecular complexity index is 1330. The lowest BCUT2D eigenvalue weighted by Gasteiger charge is -2.25. The second-order valence-corrected chi connectivity index (χ2v) is 8.86. The summed E-state index contributed by atoms with van der Waals surface area (Å²) in [5, 5.41) is 2.95. The average Bonchev–Trinajstić information content (AvgIpc) is 3.03. The summed E-state index contributed by atoms with van der Waals surface area (Å²) in [5.74, 6) is -1.80. The van der Waals surface area contributed by atoms with Crippen LogP contribution >= 0.6 is 11.6 Å². The normalized spacial score (nSPS) is 15.0. The van der Waals surface area contributed by atoms with Gasteiger partial charge in [0.25, 0.3) is 11.8 Å². The zero-order valence-electron chi connectivity index (χ0n) is 19.6. The van der Waals surface area contributed by atoms with Crippen molar-refractivity contribution in [2.24, 2.45) is 5.73 Å². The van der Waals surface area contributed by atoms with Crippen molar-refractivity contribution >= 4 is 40.8 Å². The first kappa shape index (κ1) is 25.3. The average molecular weight is 510 g/mol. The van der Waals surface area contributed by atoms with Crippen molar-refractivity contribution in [1.29, 1.82) is 0 Å². The molecular weight excluding hydrogens is 485 g/mol. The van der Waals surface area contributed by atoms with Gasteiger partial charge in [0.15, 0.2) is 0 Å². The third-order valence-corrected chi connectivity index (χ3v) is 6.32. The molecule has 0 spiro atoms. The van der Waals surface area contributed by atoms with E-state index < -0.39 is 23.8 Å². The van der Waals surface area contributed by atoms with Crippen LogP contribution in [0.5, 0.6) is 0 Å². The number of esters is 1. The quantitative estimate of drug-likeness (QED) is 0.470. The molecule has 1 heterocycles. The number of benzene rings is 3. The van der Waals surface area contributed by atoms with Crippen LogP contribution in [0.1, 0.15) is 50.8 Å². The highest BCUT2D eigenvalue weighted by molar-refractivity contribution is 6.35. The number of carbonyl (C=O) groups excluding carboxylic acids is 3. The Hall–Kier alpha value is -3.75. The van der Waals surface area contributed by atoms with Crippen LogP contribution in [0.3, 0.4) is 0 Å². The Kier molecular flexibility index (Phi) is 7.67. The summed E-state index contributed by atoms with van der Waals surface area (Å²) in [6.45, 7) is 1.86. The van der Waals surface area contributed by atoms with Gasteiger partial charge in [0, 0.05) is 23.4 Å². The monoisotopic (exact) mass is 509 g/mol. The molecule has 3 aromatic rings. The zero-order chi connectivity index (χ0) is 25.8. The SMILES string of the molecule is Cc1ccccc1C(=O)Nc1ccc(C(=O)N2CCCC(OC(=O)CN)c3cc(F)ccc32)c(Cl)c1. The standard InChI is InChI=1S/C27H25ClFN3O4/c1-16-5-2-3-6-19(16)26(34)31-18-9-10-20(22(28)14-18)27(35)32-12-4-7-24(36-25(33)15-30)21-13-17(29)8-11-23(21)32/h2-3,5-6,8-11,13-14,24H,4,7,12,15,30H2,1H3,(H,31,34). The predicted molar refractivity (Wildman–Crippen MR) is 136 cm³/mol. The number of halogens is 2. The van der Waals surface area contributed by atoms with Crippen molar-refractivity contribution < 1.29 is 23.5 Å². The molecule has 1 aliphatic rings. The minimum absolute atomic E-state index is 0.154. The summed E-state index contributed by atoms with van der Waals surface area (Å²) in [4.78, 5) is 39.5. The van der Waals surface area contributed by atoms with Gasteiger partial charge in [0.1, 0.15) is 11.9 Å². The molecule has 0 aromatic heterocycles. The van der Waals surface area contributed by atoms with Crippen LogP contribution in [0.25, 0.3) is 0 Å². The van der Waals surface area contributed by atoms with Gasteiger partial charge in [-0.2, -0.15) is 0 Å². The van der Waals surface area contributed by atoms with Crippen molar-refractivity contribution in [2.75, 3.05) is 23.3 Å². The third kappa shape index (κ3) is 5.40. The van der Waals surface area contributed by atoms with Gasteiger partial charge in [-0.15, -0.1) is 0 Å². The fourth-order valence-corrected chi connectivity index (χ4v) is 4.48. The van der Waals surface area contributed by atoms with E-state index in [-0.39, 0.29) is 23.0 Å². The molecule has 3 aromatic carbocycles. The maximum Gasteiger partial charge on any atom is 0.320 e. The smallest absolute Gasteiger partial charge is 0.320 e. The highest BCUT2D eigenvalue weighted by Crippen LogP contribution is 2.37. The van der Waals surface area contributed by atoms with Gasteiger partial charge in [-0.1, -0.05) is 29.8 Å². The van der Waals surface area contributed by atoms with E-state index in [9.17, 15) is 18.8 Å². The number of hydrogen-bond acceptors (Lipinski definition) is 5. The lowest BCUT2D eigenvalue weighted by atomic mass is 10.0. The fourth-order valence-electron chi connectivity index (χ4n) is 4.22. The molecule has 36 heavy (non-hydrogen) atoms. The maximum atomic E-state index is 14.1. The molecular formula is C27H25ClFN3O4. The highest BCUT2D eigenvalue weighted by atomic mass is 35.5. The molecule has 0 saturated carbocycles. The number of amides is 2. The number of nitrogens with one attached hydrogen (secondary N) is 1. The van der Waals surface area contributed by atoms with E-state index >= 15 is 0 Å². The fraction of sp³-hybridized carbons (Fsp3) is 0.222. The number of carbonyl (C=O) groups is 3. The van der Waals surface area contributed by atoms with Crippen molar-refractivity contribution in [3.8, 4) is 0 Å². The molecule has 0 bridgehead atoms. The van der Waals surface area contributed by atoms with Gasteiger partial charge in [0.05, 0.1) is 22.8 Å². The van der Waals surface area contributed by atoms with Crippen LogP contribution < -0.4 is 16.0 Å². The molecule has 3 N–H and O–H groups in total. The molecule has 1 aliphatic heterocycles. The molecule has 186 valence electrons. The Morgan fingerprint density at radius 1 is 1.11 bits per heavy atom. The van der Waals surface area contributed by atoms with E-state index in [0.717, 1.165) is 5.56 Å². The van der Waals surface area contributed by atoms with Gasteiger partial charge in [-0.05, 0) is 67.8 Å². The summed E-state index contributed by atoms with van der Waals surface area (Å²) in [6, 6.07) is 15.9. The number of fused-ring (bicyclic) bond motifs is 1. The lowest BCUT2D eigenvalue weighted by molar-refractivity contribution is -0.148. The number of aryl methyl sites for hydroxylation is 1. The molecule has 1 unspecified atom stereocenters. The Balaban J connectivity index is 1.60. The molecule has 0 radical (unpaired) electrons. The molecule has 9 heteroatoms. The molecule has 4 rings (SSSR count). The van der Waals surface area contributed by atoms with Crippen molar-refractivity contribution in [1.82, 2.24) is 0 Å². The number of rotatable bonds is 5. The molecule has 7 nitrogen and oxygen atoms in total. The number of anilines is 2. The largest absolute Gasteiger partial charge is 0.456 e. The van der Waals surface area contributed by atoms with E-state index in [4.69, 9.17) is 22.1 Å². The van der Waals surface area contributed by atoms with Crippen LogP contribution in [0.15, 0.2) is 60.7 Å². The van der Waals surface area contributed by atoms with Gasteiger partial charge >= 0.3 is 5.97 Å². The first-order valence-electron chi connectivity index (χ1n) is 11.5. The second-order valence-electron chi connectivity index (χ2n) is 8.45. The zero-order valence-corrected chi connectivity index (χ0v) is 20.3. The Morgan fingerprint density at radius 2 is 1.89 bits per heavy atom. The summed E-state index contributed by atoms with van der Waals surface area (Å²) in [5.41, 5.74) is 8.23. The van der Waals surface area contributed by atoms with Crippen LogP contribution in [0, 0.1) is 12.7 Å². The van der Waals surface area contributed by atoms with Gasteiger partial charge in [0.2, 0.25) is 0 Å². The van der Waals surface area contributed by atoms with Crippen molar-refractivity contribution in [3.63, 3.8) is 0 Å². The maximum absolute atomic E-state index is 14.1. The summed E-state index contributed by atoms with van der Waals surface area (Å²) < 4.78 is 19.5. The second kappa shape index (κ2) is 10.9. The van der Waals surface area contributed by atoms with Crippen molar-refractivity contribution in [3.05, 3.63) is 93.8 Å². The molecule has 0 saturated heterocycles. The molecule has 0 aliphatic carbocycles. The lowest BCUT2D eigenvalue weighted by Crippen LogP contribution is -2.32. The van der Waals surface area contributed by atoms with Gasteiger partial charge < -0.3 is 20.7 Å². The van der Waals surface area contributed by atoms with Crippen molar-refractivity contribution in [2.45, 2.75) is 25.9 Å². The van der Waals surface area contributed by atoms with E-state index in [1.165, 1.54) is 35.2 Å². The summed E-state index contributed by atoms with van der Waals surface area (Å²) in [7, 11) is 0. The van der Waals surface area contributed by atoms with Crippen LogP contribution in [-0.2, 0) is 9.53 Å². The molecule has 2 amide bonds. The number of nitrogens with zero attached hydrogens (tertiary/aromatic N) is 1. The Morgan fingerprint density at radius 3 is 2.61 bits per heavy atom. The minimum atomic E-state index is -0.723. The summed E-state index contributed by atoms with van der Waals surface area (Å²) >= 11 is 6.47. The Labute approximate surface area is 213 Å². The van der Waals surface area contributed by atoms with E-state index in [0.29, 0.717) is 41.9 Å². The topological polar surface area (TPSA) is 102 Å². The van der Waals surface area contributed by atoms with Gasteiger partial charge in [-0.3, -0.25) is 14.4 Å². The number of hydrogen-bond donors (Lipinski definition) is 2. The molecule has 0 fully saturated rings. The predicted octanol–water partition coefficient (Wildman–Crippen LogP) is 5.02. The first-order chi connectivity index (χ1) is 17.3. The highest BCUT2D eigenvalue weighted by Gasteiger charge is 2.30. The third-order valence-electron chi connectivity index (χ3n) is 6.01. The van der Waals surface area contributed by atoms with E-state index in [2.05, 4.69) is 5.32 Å². The molecule has 1 atom stereocenters.